The zero-order valence-corrected chi connectivity index (χ0v) is 11.9. The molecule has 104 valence electrons. The molecule has 4 nitrogen and oxygen atoms in total. The van der Waals surface area contributed by atoms with E-state index >= 15 is 0 Å². The van der Waals surface area contributed by atoms with E-state index < -0.39 is 0 Å². The summed E-state index contributed by atoms with van der Waals surface area (Å²) in [6.07, 6.45) is 2.93. The Morgan fingerprint density at radius 1 is 1.25 bits per heavy atom. The van der Waals surface area contributed by atoms with Crippen LogP contribution in [0.4, 0.5) is 5.82 Å². The molecule has 1 aromatic heterocycles. The highest BCUT2D eigenvalue weighted by atomic mass is 16.5. The summed E-state index contributed by atoms with van der Waals surface area (Å²) in [5.74, 6) is 2.77. The van der Waals surface area contributed by atoms with Crippen LogP contribution in [-0.4, -0.2) is 23.6 Å². The van der Waals surface area contributed by atoms with E-state index in [4.69, 9.17) is 4.74 Å². The Balaban J connectivity index is 2.02. The van der Waals surface area contributed by atoms with Crippen LogP contribution in [0.25, 0.3) is 11.3 Å². The number of rotatable bonds is 4. The highest BCUT2D eigenvalue weighted by Crippen LogP contribution is 2.30. The number of ether oxygens (including phenoxy) is 1. The summed E-state index contributed by atoms with van der Waals surface area (Å²) in [7, 11) is 1.89. The smallest absolute Gasteiger partial charge is 0.131 e. The molecule has 0 amide bonds. The van der Waals surface area contributed by atoms with Gasteiger partial charge in [-0.2, -0.15) is 0 Å². The van der Waals surface area contributed by atoms with E-state index in [1.807, 2.05) is 19.2 Å². The van der Waals surface area contributed by atoms with Crippen molar-refractivity contribution in [2.24, 2.45) is 0 Å². The SMILES string of the molecule is CCCc1nc(NC)cc(-c2ccc3c(c2)CCO3)n1. The molecule has 1 aliphatic rings. The van der Waals surface area contributed by atoms with Crippen LogP contribution in [0, 0.1) is 0 Å². The van der Waals surface area contributed by atoms with Crippen molar-refractivity contribution in [1.82, 2.24) is 9.97 Å². The van der Waals surface area contributed by atoms with Crippen molar-refractivity contribution < 1.29 is 4.74 Å². The van der Waals surface area contributed by atoms with Crippen LogP contribution >= 0.6 is 0 Å². The molecule has 4 heteroatoms. The highest BCUT2D eigenvalue weighted by Gasteiger charge is 2.14. The average Bonchev–Trinajstić information content (AvgIpc) is 2.94. The van der Waals surface area contributed by atoms with Crippen molar-refractivity contribution in [3.05, 3.63) is 35.7 Å². The Morgan fingerprint density at radius 2 is 2.15 bits per heavy atom. The largest absolute Gasteiger partial charge is 0.493 e. The minimum Gasteiger partial charge on any atom is -0.493 e. The summed E-state index contributed by atoms with van der Waals surface area (Å²) in [5.41, 5.74) is 3.37. The second-order valence-electron chi connectivity index (χ2n) is 4.98. The Kier molecular flexibility index (Phi) is 3.54. The van der Waals surface area contributed by atoms with Crippen LogP contribution in [-0.2, 0) is 12.8 Å². The molecule has 0 radical (unpaired) electrons. The molecule has 0 unspecified atom stereocenters. The van der Waals surface area contributed by atoms with Crippen molar-refractivity contribution in [2.45, 2.75) is 26.2 Å². The fourth-order valence-corrected chi connectivity index (χ4v) is 2.45. The first-order chi connectivity index (χ1) is 9.80. The molecule has 3 rings (SSSR count). The second-order valence-corrected chi connectivity index (χ2v) is 4.98. The van der Waals surface area contributed by atoms with Crippen molar-refractivity contribution in [3.63, 3.8) is 0 Å². The maximum Gasteiger partial charge on any atom is 0.131 e. The number of anilines is 1. The van der Waals surface area contributed by atoms with Crippen LogP contribution in [0.3, 0.4) is 0 Å². The molecule has 1 aliphatic heterocycles. The molecule has 1 aromatic carbocycles. The topological polar surface area (TPSA) is 47.0 Å². The number of aromatic nitrogens is 2. The predicted molar refractivity (Wildman–Crippen MR) is 80.2 cm³/mol. The lowest BCUT2D eigenvalue weighted by Crippen LogP contribution is -2.01. The Bertz CT molecular complexity index is 625. The van der Waals surface area contributed by atoms with Gasteiger partial charge in [0.05, 0.1) is 12.3 Å². The highest BCUT2D eigenvalue weighted by molar-refractivity contribution is 5.65. The first kappa shape index (κ1) is 12.9. The first-order valence-electron chi connectivity index (χ1n) is 7.12. The van der Waals surface area contributed by atoms with Crippen molar-refractivity contribution >= 4 is 5.82 Å². The molecular formula is C16H19N3O. The first-order valence-corrected chi connectivity index (χ1v) is 7.12. The predicted octanol–water partition coefficient (Wildman–Crippen LogP) is 3.07. The quantitative estimate of drug-likeness (QED) is 0.926. The number of nitrogens with zero attached hydrogens (tertiary/aromatic N) is 2. The zero-order chi connectivity index (χ0) is 13.9. The average molecular weight is 269 g/mol. The van der Waals surface area contributed by atoms with Gasteiger partial charge in [-0.1, -0.05) is 6.92 Å². The molecule has 0 atom stereocenters. The lowest BCUT2D eigenvalue weighted by Gasteiger charge is -2.08. The number of hydrogen-bond donors (Lipinski definition) is 1. The summed E-state index contributed by atoms with van der Waals surface area (Å²) in [6.45, 7) is 2.92. The number of benzene rings is 1. The van der Waals surface area contributed by atoms with Crippen LogP contribution in [0.2, 0.25) is 0 Å². The molecule has 2 aromatic rings. The fourth-order valence-electron chi connectivity index (χ4n) is 2.45. The van der Waals surface area contributed by atoms with Gasteiger partial charge in [0.2, 0.25) is 0 Å². The van der Waals surface area contributed by atoms with Crippen molar-refractivity contribution in [2.75, 3.05) is 19.0 Å². The molecule has 0 fully saturated rings. The Morgan fingerprint density at radius 3 is 2.95 bits per heavy atom. The number of hydrogen-bond acceptors (Lipinski definition) is 4. The van der Waals surface area contributed by atoms with Gasteiger partial charge in [-0.05, 0) is 30.2 Å². The van der Waals surface area contributed by atoms with E-state index in [1.165, 1.54) is 5.56 Å². The van der Waals surface area contributed by atoms with Crippen LogP contribution in [0.5, 0.6) is 5.75 Å². The number of nitrogens with one attached hydrogen (secondary N) is 1. The molecule has 0 spiro atoms. The van der Waals surface area contributed by atoms with Gasteiger partial charge in [0.15, 0.2) is 0 Å². The molecule has 2 heterocycles. The van der Waals surface area contributed by atoms with Gasteiger partial charge < -0.3 is 10.1 Å². The van der Waals surface area contributed by atoms with Gasteiger partial charge in [-0.25, -0.2) is 9.97 Å². The van der Waals surface area contributed by atoms with Gasteiger partial charge >= 0.3 is 0 Å². The van der Waals surface area contributed by atoms with Gasteiger partial charge in [0.1, 0.15) is 17.4 Å². The van der Waals surface area contributed by atoms with E-state index in [-0.39, 0.29) is 0 Å². The maximum atomic E-state index is 5.55. The monoisotopic (exact) mass is 269 g/mol. The summed E-state index contributed by atoms with van der Waals surface area (Å²) < 4.78 is 5.55. The standard InChI is InChI=1S/C16H19N3O/c1-3-4-15-18-13(10-16(17-2)19-15)11-5-6-14-12(9-11)7-8-20-14/h5-6,9-10H,3-4,7-8H2,1-2H3,(H,17,18,19). The Labute approximate surface area is 119 Å². The van der Waals surface area contributed by atoms with Gasteiger partial charge in [-0.3, -0.25) is 0 Å². The van der Waals surface area contributed by atoms with Crippen LogP contribution in [0.15, 0.2) is 24.3 Å². The summed E-state index contributed by atoms with van der Waals surface area (Å²) in [4.78, 5) is 9.17. The summed E-state index contributed by atoms with van der Waals surface area (Å²) in [6, 6.07) is 8.29. The summed E-state index contributed by atoms with van der Waals surface area (Å²) in [5, 5.41) is 3.11. The van der Waals surface area contributed by atoms with E-state index in [9.17, 15) is 0 Å². The third-order valence-corrected chi connectivity index (χ3v) is 3.49. The van der Waals surface area contributed by atoms with Gasteiger partial charge in [0.25, 0.3) is 0 Å². The number of fused-ring (bicyclic) bond motifs is 1. The van der Waals surface area contributed by atoms with Crippen LogP contribution in [0.1, 0.15) is 24.7 Å². The minimum atomic E-state index is 0.783. The Hall–Kier alpha value is -2.10. The van der Waals surface area contributed by atoms with E-state index in [1.54, 1.807) is 0 Å². The van der Waals surface area contributed by atoms with E-state index in [0.29, 0.717) is 0 Å². The third-order valence-electron chi connectivity index (χ3n) is 3.49. The molecule has 1 N–H and O–H groups in total. The van der Waals surface area contributed by atoms with Gasteiger partial charge in [0, 0.05) is 31.5 Å². The molecule has 0 aliphatic carbocycles. The minimum absolute atomic E-state index is 0.783. The van der Waals surface area contributed by atoms with Gasteiger partial charge in [-0.15, -0.1) is 0 Å². The van der Waals surface area contributed by atoms with Crippen LogP contribution < -0.4 is 10.1 Å². The summed E-state index contributed by atoms with van der Waals surface area (Å²) >= 11 is 0. The third kappa shape index (κ3) is 2.46. The number of aryl methyl sites for hydroxylation is 1. The molecule has 20 heavy (non-hydrogen) atoms. The molecule has 0 saturated carbocycles. The van der Waals surface area contributed by atoms with E-state index in [2.05, 4.69) is 34.3 Å². The second kappa shape index (κ2) is 5.49. The lowest BCUT2D eigenvalue weighted by molar-refractivity contribution is 0.357. The van der Waals surface area contributed by atoms with E-state index in [0.717, 1.165) is 54.5 Å². The lowest BCUT2D eigenvalue weighted by atomic mass is 10.1. The van der Waals surface area contributed by atoms with Crippen molar-refractivity contribution in [1.29, 1.82) is 0 Å². The maximum absolute atomic E-state index is 5.55. The molecule has 0 saturated heterocycles. The fraction of sp³-hybridized carbons (Fsp3) is 0.375. The zero-order valence-electron chi connectivity index (χ0n) is 11.9. The van der Waals surface area contributed by atoms with Crippen molar-refractivity contribution in [3.8, 4) is 17.0 Å². The molecular weight excluding hydrogens is 250 g/mol. The molecule has 0 bridgehead atoms. The normalized spacial score (nSPS) is 12.9.